The fraction of sp³-hybridized carbons (Fsp3) is 0.571. The summed E-state index contributed by atoms with van der Waals surface area (Å²) >= 11 is 0. The van der Waals surface area contributed by atoms with Crippen LogP contribution in [0.3, 0.4) is 0 Å². The third-order valence-corrected chi connectivity index (χ3v) is 2.88. The van der Waals surface area contributed by atoms with Crippen LogP contribution < -0.4 is 0 Å². The zero-order valence-electron chi connectivity index (χ0n) is 10.1. The summed E-state index contributed by atoms with van der Waals surface area (Å²) in [6.07, 6.45) is 4.61. The fourth-order valence-electron chi connectivity index (χ4n) is 1.96. The molecular formula is C14H22O2. The monoisotopic (exact) mass is 222 g/mol. The highest BCUT2D eigenvalue weighted by Crippen LogP contribution is 2.16. The van der Waals surface area contributed by atoms with Gasteiger partial charge in [-0.25, -0.2) is 0 Å². The zero-order chi connectivity index (χ0) is 11.8. The summed E-state index contributed by atoms with van der Waals surface area (Å²) in [5.74, 6) is 0. The molecule has 1 aromatic rings. The molecular weight excluding hydrogens is 200 g/mol. The van der Waals surface area contributed by atoms with E-state index >= 15 is 0 Å². The van der Waals surface area contributed by atoms with Gasteiger partial charge in [-0.3, -0.25) is 0 Å². The van der Waals surface area contributed by atoms with Crippen LogP contribution in [0.2, 0.25) is 0 Å². The Balaban J connectivity index is 2.71. The Labute approximate surface area is 97.9 Å². The number of benzene rings is 1. The number of rotatable bonds is 7. The molecule has 0 saturated carbocycles. The second kappa shape index (κ2) is 7.42. The summed E-state index contributed by atoms with van der Waals surface area (Å²) in [6, 6.07) is 6.55. The molecule has 0 spiro atoms. The minimum Gasteiger partial charge on any atom is -0.396 e. The Kier molecular flexibility index (Phi) is 6.12. The van der Waals surface area contributed by atoms with Crippen LogP contribution in [-0.4, -0.2) is 23.4 Å². The maximum atomic E-state index is 8.83. The van der Waals surface area contributed by atoms with Gasteiger partial charge in [0.1, 0.15) is 0 Å². The summed E-state index contributed by atoms with van der Waals surface area (Å²) < 4.78 is 0. The Morgan fingerprint density at radius 2 is 1.62 bits per heavy atom. The van der Waals surface area contributed by atoms with Crippen molar-refractivity contribution in [3.63, 3.8) is 0 Å². The highest BCUT2D eigenvalue weighted by Gasteiger charge is 2.02. The Morgan fingerprint density at radius 1 is 0.938 bits per heavy atom. The highest BCUT2D eigenvalue weighted by molar-refractivity contribution is 5.32. The van der Waals surface area contributed by atoms with Crippen LogP contribution in [0.1, 0.15) is 36.5 Å². The van der Waals surface area contributed by atoms with E-state index < -0.39 is 0 Å². The molecule has 0 unspecified atom stereocenters. The predicted molar refractivity (Wildman–Crippen MR) is 66.6 cm³/mol. The average Bonchev–Trinajstić information content (AvgIpc) is 2.34. The van der Waals surface area contributed by atoms with Crippen LogP contribution in [0.4, 0.5) is 0 Å². The molecule has 1 aromatic carbocycles. The molecule has 0 aliphatic rings. The number of aliphatic hydroxyl groups excluding tert-OH is 2. The molecule has 0 aliphatic heterocycles. The van der Waals surface area contributed by atoms with Crippen LogP contribution in [0.25, 0.3) is 0 Å². The summed E-state index contributed by atoms with van der Waals surface area (Å²) in [5.41, 5.74) is 4.03. The molecule has 90 valence electrons. The Bertz CT molecular complexity index is 308. The van der Waals surface area contributed by atoms with Crippen molar-refractivity contribution >= 4 is 0 Å². The van der Waals surface area contributed by atoms with E-state index in [9.17, 15) is 0 Å². The lowest BCUT2D eigenvalue weighted by Crippen LogP contribution is -1.98. The molecule has 2 N–H and O–H groups in total. The van der Waals surface area contributed by atoms with E-state index in [-0.39, 0.29) is 13.2 Å². The van der Waals surface area contributed by atoms with Gasteiger partial charge in [0.05, 0.1) is 0 Å². The molecule has 0 fully saturated rings. The van der Waals surface area contributed by atoms with Crippen LogP contribution in [0.5, 0.6) is 0 Å². The molecule has 2 heteroatoms. The Morgan fingerprint density at radius 3 is 2.25 bits per heavy atom. The van der Waals surface area contributed by atoms with Crippen molar-refractivity contribution in [1.29, 1.82) is 0 Å². The van der Waals surface area contributed by atoms with Crippen molar-refractivity contribution in [3.8, 4) is 0 Å². The highest BCUT2D eigenvalue weighted by atomic mass is 16.3. The van der Waals surface area contributed by atoms with E-state index in [1.165, 1.54) is 16.7 Å². The second-order valence-corrected chi connectivity index (χ2v) is 4.11. The summed E-state index contributed by atoms with van der Waals surface area (Å²) in [5, 5.41) is 17.6. The topological polar surface area (TPSA) is 40.5 Å². The minimum atomic E-state index is 0.258. The van der Waals surface area contributed by atoms with E-state index in [0.717, 1.165) is 32.1 Å². The maximum Gasteiger partial charge on any atom is 0.0434 e. The van der Waals surface area contributed by atoms with Gasteiger partial charge in [-0.05, 0) is 48.8 Å². The van der Waals surface area contributed by atoms with E-state index in [1.807, 2.05) is 0 Å². The minimum absolute atomic E-state index is 0.258. The van der Waals surface area contributed by atoms with Gasteiger partial charge < -0.3 is 10.2 Å². The van der Waals surface area contributed by atoms with Crippen molar-refractivity contribution in [2.75, 3.05) is 13.2 Å². The fourth-order valence-corrected chi connectivity index (χ4v) is 1.96. The van der Waals surface area contributed by atoms with Gasteiger partial charge in [-0.2, -0.15) is 0 Å². The molecule has 1 rings (SSSR count). The Hall–Kier alpha value is -0.860. The third-order valence-electron chi connectivity index (χ3n) is 2.88. The van der Waals surface area contributed by atoms with Gasteiger partial charge in [-0.1, -0.05) is 25.1 Å². The van der Waals surface area contributed by atoms with Gasteiger partial charge in [0, 0.05) is 13.2 Å². The van der Waals surface area contributed by atoms with Gasteiger partial charge in [0.2, 0.25) is 0 Å². The number of hydrogen-bond donors (Lipinski definition) is 2. The maximum absolute atomic E-state index is 8.83. The first kappa shape index (κ1) is 13.2. The summed E-state index contributed by atoms with van der Waals surface area (Å²) in [6.45, 7) is 2.68. The largest absolute Gasteiger partial charge is 0.396 e. The molecule has 0 atom stereocenters. The van der Waals surface area contributed by atoms with Crippen molar-refractivity contribution < 1.29 is 10.2 Å². The summed E-state index contributed by atoms with van der Waals surface area (Å²) in [7, 11) is 0. The molecule has 0 bridgehead atoms. The third kappa shape index (κ3) is 3.95. The number of aliphatic hydroxyl groups is 2. The molecule has 16 heavy (non-hydrogen) atoms. The molecule has 0 aromatic heterocycles. The second-order valence-electron chi connectivity index (χ2n) is 4.11. The normalized spacial score (nSPS) is 10.7. The van der Waals surface area contributed by atoms with Gasteiger partial charge >= 0.3 is 0 Å². The van der Waals surface area contributed by atoms with Crippen molar-refractivity contribution in [2.24, 2.45) is 0 Å². The van der Waals surface area contributed by atoms with Crippen LogP contribution >= 0.6 is 0 Å². The molecule has 0 amide bonds. The zero-order valence-corrected chi connectivity index (χ0v) is 10.1. The van der Waals surface area contributed by atoms with Crippen LogP contribution in [0, 0.1) is 0 Å². The van der Waals surface area contributed by atoms with Gasteiger partial charge in [0.25, 0.3) is 0 Å². The molecule has 0 radical (unpaired) electrons. The van der Waals surface area contributed by atoms with E-state index in [2.05, 4.69) is 25.1 Å². The van der Waals surface area contributed by atoms with E-state index in [0.29, 0.717) is 0 Å². The van der Waals surface area contributed by atoms with E-state index in [4.69, 9.17) is 10.2 Å². The molecule has 0 aliphatic carbocycles. The van der Waals surface area contributed by atoms with Crippen molar-refractivity contribution in [1.82, 2.24) is 0 Å². The van der Waals surface area contributed by atoms with Gasteiger partial charge in [0.15, 0.2) is 0 Å². The molecule has 2 nitrogen and oxygen atoms in total. The quantitative estimate of drug-likeness (QED) is 0.741. The van der Waals surface area contributed by atoms with Crippen molar-refractivity contribution in [3.05, 3.63) is 34.9 Å². The average molecular weight is 222 g/mol. The SMILES string of the molecule is CCc1cc(CCCO)ccc1CCCO. The lowest BCUT2D eigenvalue weighted by atomic mass is 9.97. The molecule has 0 saturated heterocycles. The lowest BCUT2D eigenvalue weighted by Gasteiger charge is -2.09. The number of aryl methyl sites for hydroxylation is 3. The van der Waals surface area contributed by atoms with Crippen LogP contribution in [0.15, 0.2) is 18.2 Å². The smallest absolute Gasteiger partial charge is 0.0434 e. The first-order valence-corrected chi connectivity index (χ1v) is 6.14. The predicted octanol–water partition coefficient (Wildman–Crippen LogP) is 2.10. The summed E-state index contributed by atoms with van der Waals surface area (Å²) in [4.78, 5) is 0. The van der Waals surface area contributed by atoms with Crippen LogP contribution in [-0.2, 0) is 19.3 Å². The first-order valence-electron chi connectivity index (χ1n) is 6.14. The van der Waals surface area contributed by atoms with Gasteiger partial charge in [-0.15, -0.1) is 0 Å². The lowest BCUT2D eigenvalue weighted by molar-refractivity contribution is 0.288. The first-order chi connectivity index (χ1) is 7.81. The number of hydrogen-bond acceptors (Lipinski definition) is 2. The standard InChI is InChI=1S/C14H22O2/c1-2-13-11-12(5-3-9-15)7-8-14(13)6-4-10-16/h7-8,11,15-16H,2-6,9-10H2,1H3. The van der Waals surface area contributed by atoms with E-state index in [1.54, 1.807) is 0 Å². The van der Waals surface area contributed by atoms with Crippen molar-refractivity contribution in [2.45, 2.75) is 39.0 Å². The molecule has 0 heterocycles.